The van der Waals surface area contributed by atoms with Gasteiger partial charge in [-0.15, -0.1) is 11.3 Å². The van der Waals surface area contributed by atoms with Crippen LogP contribution in [0.2, 0.25) is 0 Å². The molecule has 4 heteroatoms. The van der Waals surface area contributed by atoms with E-state index in [1.165, 1.54) is 0 Å². The molecule has 3 nitrogen and oxygen atoms in total. The first-order valence-corrected chi connectivity index (χ1v) is 5.87. The molecule has 0 aliphatic rings. The number of rotatable bonds is 3. The van der Waals surface area contributed by atoms with Gasteiger partial charge in [-0.05, 0) is 23.8 Å². The summed E-state index contributed by atoms with van der Waals surface area (Å²) in [7, 11) is 0. The number of hydrogen-bond donors (Lipinski definition) is 1. The van der Waals surface area contributed by atoms with Gasteiger partial charge in [-0.25, -0.2) is 4.79 Å². The Hall–Kier alpha value is -2.12. The highest BCUT2D eigenvalue weighted by atomic mass is 32.1. The number of aromatic carboxylic acids is 1. The second-order valence-corrected chi connectivity index (χ2v) is 4.59. The summed E-state index contributed by atoms with van der Waals surface area (Å²) in [4.78, 5) is 11.8. The van der Waals surface area contributed by atoms with Crippen molar-refractivity contribution in [3.8, 4) is 6.07 Å². The first-order chi connectivity index (χ1) is 8.19. The summed E-state index contributed by atoms with van der Waals surface area (Å²) in [5.41, 5.74) is 2.01. The number of hydrogen-bond acceptors (Lipinski definition) is 3. The lowest BCUT2D eigenvalue weighted by Gasteiger charge is -1.99. The number of carboxylic acids is 1. The largest absolute Gasteiger partial charge is 0.478 e. The standard InChI is InChI=1S/C13H9NO2S/c14-7-10-6-12(17-8-10)5-9-1-3-11(4-2-9)13(15)16/h1-4,6,8H,5H2,(H,15,16). The lowest BCUT2D eigenvalue weighted by Crippen LogP contribution is -1.96. The van der Waals surface area contributed by atoms with E-state index in [4.69, 9.17) is 10.4 Å². The van der Waals surface area contributed by atoms with Crippen LogP contribution < -0.4 is 0 Å². The Kier molecular flexibility index (Phi) is 3.22. The van der Waals surface area contributed by atoms with E-state index in [2.05, 4.69) is 6.07 Å². The molecule has 1 aromatic heterocycles. The van der Waals surface area contributed by atoms with Crippen LogP contribution in [0.4, 0.5) is 0 Å². The number of carbonyl (C=O) groups is 1. The molecule has 0 aliphatic heterocycles. The van der Waals surface area contributed by atoms with E-state index in [0.29, 0.717) is 5.56 Å². The van der Waals surface area contributed by atoms with E-state index >= 15 is 0 Å². The predicted octanol–water partition coefficient (Wildman–Crippen LogP) is 2.91. The van der Waals surface area contributed by atoms with Crippen LogP contribution in [0.5, 0.6) is 0 Å². The molecule has 2 aromatic rings. The fraction of sp³-hybridized carbons (Fsp3) is 0.0769. The minimum atomic E-state index is -0.917. The smallest absolute Gasteiger partial charge is 0.335 e. The molecule has 0 spiro atoms. The second-order valence-electron chi connectivity index (χ2n) is 3.59. The highest BCUT2D eigenvalue weighted by molar-refractivity contribution is 7.10. The summed E-state index contributed by atoms with van der Waals surface area (Å²) >= 11 is 1.54. The van der Waals surface area contributed by atoms with Gasteiger partial charge in [0.1, 0.15) is 6.07 Å². The van der Waals surface area contributed by atoms with E-state index in [1.807, 2.05) is 11.4 Å². The van der Waals surface area contributed by atoms with Crippen molar-refractivity contribution in [2.75, 3.05) is 0 Å². The number of benzene rings is 1. The van der Waals surface area contributed by atoms with Crippen molar-refractivity contribution in [1.29, 1.82) is 5.26 Å². The molecular weight excluding hydrogens is 234 g/mol. The van der Waals surface area contributed by atoms with Crippen molar-refractivity contribution < 1.29 is 9.90 Å². The zero-order chi connectivity index (χ0) is 12.3. The maximum Gasteiger partial charge on any atom is 0.335 e. The van der Waals surface area contributed by atoms with Gasteiger partial charge in [-0.2, -0.15) is 5.26 Å². The van der Waals surface area contributed by atoms with Crippen LogP contribution >= 0.6 is 11.3 Å². The molecule has 84 valence electrons. The van der Waals surface area contributed by atoms with E-state index in [1.54, 1.807) is 35.6 Å². The fourth-order valence-electron chi connectivity index (χ4n) is 1.50. The summed E-state index contributed by atoms with van der Waals surface area (Å²) < 4.78 is 0. The molecule has 0 amide bonds. The van der Waals surface area contributed by atoms with Crippen LogP contribution in [-0.2, 0) is 6.42 Å². The quantitative estimate of drug-likeness (QED) is 0.901. The number of nitrogens with zero attached hydrogens (tertiary/aromatic N) is 1. The topological polar surface area (TPSA) is 61.1 Å². The average Bonchev–Trinajstić information content (AvgIpc) is 2.77. The number of carboxylic acid groups (broad SMARTS) is 1. The molecule has 0 bridgehead atoms. The highest BCUT2D eigenvalue weighted by Gasteiger charge is 2.04. The molecule has 2 rings (SSSR count). The minimum absolute atomic E-state index is 0.289. The van der Waals surface area contributed by atoms with Crippen molar-refractivity contribution in [3.05, 3.63) is 57.3 Å². The molecule has 0 aliphatic carbocycles. The Morgan fingerprint density at radius 2 is 2.06 bits per heavy atom. The Bertz CT molecular complexity index is 578. The maximum absolute atomic E-state index is 10.7. The first-order valence-electron chi connectivity index (χ1n) is 4.99. The van der Waals surface area contributed by atoms with Gasteiger partial charge in [-0.3, -0.25) is 0 Å². The SMILES string of the molecule is N#Cc1csc(Cc2ccc(C(=O)O)cc2)c1. The molecular formula is C13H9NO2S. The molecule has 0 saturated heterocycles. The molecule has 0 fully saturated rings. The Labute approximate surface area is 103 Å². The average molecular weight is 243 g/mol. The van der Waals surface area contributed by atoms with Gasteiger partial charge in [-0.1, -0.05) is 12.1 Å². The molecule has 1 N–H and O–H groups in total. The second kappa shape index (κ2) is 4.81. The summed E-state index contributed by atoms with van der Waals surface area (Å²) in [5, 5.41) is 19.3. The first kappa shape index (κ1) is 11.4. The molecule has 0 unspecified atom stereocenters. The van der Waals surface area contributed by atoms with Crippen molar-refractivity contribution in [2.45, 2.75) is 6.42 Å². The summed E-state index contributed by atoms with van der Waals surface area (Å²) in [6.07, 6.45) is 0.728. The third-order valence-corrected chi connectivity index (χ3v) is 3.30. The van der Waals surface area contributed by atoms with E-state index in [9.17, 15) is 4.79 Å². The summed E-state index contributed by atoms with van der Waals surface area (Å²) in [5.74, 6) is -0.917. The molecule has 0 atom stereocenters. The Morgan fingerprint density at radius 1 is 1.35 bits per heavy atom. The summed E-state index contributed by atoms with van der Waals surface area (Å²) in [6.45, 7) is 0. The fourth-order valence-corrected chi connectivity index (χ4v) is 2.34. The van der Waals surface area contributed by atoms with Gasteiger partial charge in [0.05, 0.1) is 11.1 Å². The van der Waals surface area contributed by atoms with Crippen molar-refractivity contribution >= 4 is 17.3 Å². The van der Waals surface area contributed by atoms with Crippen LogP contribution in [0.1, 0.15) is 26.4 Å². The van der Waals surface area contributed by atoms with Gasteiger partial charge in [0, 0.05) is 16.7 Å². The molecule has 1 heterocycles. The normalized spacial score (nSPS) is 9.82. The minimum Gasteiger partial charge on any atom is -0.478 e. The predicted molar refractivity (Wildman–Crippen MR) is 65.2 cm³/mol. The lowest BCUT2D eigenvalue weighted by molar-refractivity contribution is 0.0697. The van der Waals surface area contributed by atoms with Crippen molar-refractivity contribution in [3.63, 3.8) is 0 Å². The number of thiophene rings is 1. The van der Waals surface area contributed by atoms with Crippen molar-refractivity contribution in [1.82, 2.24) is 0 Å². The van der Waals surface area contributed by atoms with Crippen molar-refractivity contribution in [2.24, 2.45) is 0 Å². The summed E-state index contributed by atoms with van der Waals surface area (Å²) in [6, 6.07) is 10.7. The van der Waals surface area contributed by atoms with Crippen LogP contribution in [0, 0.1) is 11.3 Å². The van der Waals surface area contributed by atoms with Gasteiger partial charge < -0.3 is 5.11 Å². The third-order valence-electron chi connectivity index (χ3n) is 2.36. The monoisotopic (exact) mass is 243 g/mol. The molecule has 1 aromatic carbocycles. The zero-order valence-electron chi connectivity index (χ0n) is 8.88. The van der Waals surface area contributed by atoms with E-state index in [0.717, 1.165) is 16.9 Å². The number of nitriles is 1. The Balaban J connectivity index is 2.14. The van der Waals surface area contributed by atoms with E-state index < -0.39 is 5.97 Å². The Morgan fingerprint density at radius 3 is 2.59 bits per heavy atom. The van der Waals surface area contributed by atoms with Gasteiger partial charge >= 0.3 is 5.97 Å². The van der Waals surface area contributed by atoms with Crippen LogP contribution in [0.15, 0.2) is 35.7 Å². The molecule has 0 saturated carbocycles. The van der Waals surface area contributed by atoms with Gasteiger partial charge in [0.15, 0.2) is 0 Å². The van der Waals surface area contributed by atoms with Crippen LogP contribution in [0.3, 0.4) is 0 Å². The third kappa shape index (κ3) is 2.71. The van der Waals surface area contributed by atoms with E-state index in [-0.39, 0.29) is 5.56 Å². The lowest BCUT2D eigenvalue weighted by atomic mass is 10.1. The van der Waals surface area contributed by atoms with Crippen LogP contribution in [0.25, 0.3) is 0 Å². The maximum atomic E-state index is 10.7. The molecule has 0 radical (unpaired) electrons. The van der Waals surface area contributed by atoms with Gasteiger partial charge in [0.2, 0.25) is 0 Å². The molecule has 17 heavy (non-hydrogen) atoms. The zero-order valence-corrected chi connectivity index (χ0v) is 9.70. The van der Waals surface area contributed by atoms with Gasteiger partial charge in [0.25, 0.3) is 0 Å². The highest BCUT2D eigenvalue weighted by Crippen LogP contribution is 2.18. The van der Waals surface area contributed by atoms with Crippen LogP contribution in [-0.4, -0.2) is 11.1 Å².